The summed E-state index contributed by atoms with van der Waals surface area (Å²) in [6.45, 7) is 0.742. The number of aromatic nitrogens is 2. The molecule has 5 heteroatoms. The number of carboxylic acids is 1. The minimum absolute atomic E-state index is 0.252. The number of carboxylic acid groups (broad SMARTS) is 1. The molecule has 0 fully saturated rings. The molecule has 5 nitrogen and oxygen atoms in total. The Morgan fingerprint density at radius 2 is 1.62 bits per heavy atom. The molecule has 0 atom stereocenters. The third kappa shape index (κ3) is 5.97. The highest BCUT2D eigenvalue weighted by Crippen LogP contribution is 2.17. The van der Waals surface area contributed by atoms with Crippen molar-refractivity contribution in [3.05, 3.63) is 95.3 Å². The van der Waals surface area contributed by atoms with Gasteiger partial charge in [-0.1, -0.05) is 42.5 Å². The lowest BCUT2D eigenvalue weighted by atomic mass is 10.1. The van der Waals surface area contributed by atoms with E-state index in [2.05, 4.69) is 52.4 Å². The van der Waals surface area contributed by atoms with Crippen LogP contribution in [0.5, 0.6) is 5.75 Å². The van der Waals surface area contributed by atoms with E-state index >= 15 is 0 Å². The quantitative estimate of drug-likeness (QED) is 0.294. The molecule has 0 aliphatic rings. The third-order valence-corrected chi connectivity index (χ3v) is 5.57. The number of nitrogens with one attached hydrogen (secondary N) is 1. The van der Waals surface area contributed by atoms with Crippen molar-refractivity contribution >= 4 is 17.0 Å². The number of hydrogen-bond donors (Lipinski definition) is 2. The first-order valence-corrected chi connectivity index (χ1v) is 11.1. The molecule has 4 rings (SSSR count). The van der Waals surface area contributed by atoms with Gasteiger partial charge in [0.1, 0.15) is 11.6 Å². The molecule has 3 aromatic carbocycles. The van der Waals surface area contributed by atoms with Crippen molar-refractivity contribution in [3.8, 4) is 5.75 Å². The maximum absolute atomic E-state index is 11.1. The van der Waals surface area contributed by atoms with Gasteiger partial charge in [-0.3, -0.25) is 0 Å². The predicted octanol–water partition coefficient (Wildman–Crippen LogP) is 5.84. The number of ether oxygens (including phenoxy) is 1. The molecular formula is C27H28N2O3. The van der Waals surface area contributed by atoms with Crippen molar-refractivity contribution in [1.29, 1.82) is 0 Å². The lowest BCUT2D eigenvalue weighted by Gasteiger charge is -2.07. The van der Waals surface area contributed by atoms with Crippen molar-refractivity contribution in [1.82, 2.24) is 9.97 Å². The summed E-state index contributed by atoms with van der Waals surface area (Å²) >= 11 is 0. The van der Waals surface area contributed by atoms with E-state index in [-0.39, 0.29) is 5.56 Å². The maximum atomic E-state index is 11.1. The summed E-state index contributed by atoms with van der Waals surface area (Å²) in [5, 5.41) is 9.11. The Morgan fingerprint density at radius 3 is 2.41 bits per heavy atom. The second-order valence-electron chi connectivity index (χ2n) is 8.01. The molecule has 0 spiro atoms. The number of carbonyl (C=O) groups is 1. The predicted molar refractivity (Wildman–Crippen MR) is 126 cm³/mol. The highest BCUT2D eigenvalue weighted by molar-refractivity contribution is 5.92. The van der Waals surface area contributed by atoms with Gasteiger partial charge in [-0.15, -0.1) is 0 Å². The number of benzene rings is 3. The summed E-state index contributed by atoms with van der Waals surface area (Å²) in [5.41, 5.74) is 4.41. The fourth-order valence-electron chi connectivity index (χ4n) is 3.77. The van der Waals surface area contributed by atoms with Crippen LogP contribution in [0.25, 0.3) is 11.0 Å². The Morgan fingerprint density at radius 1 is 0.844 bits per heavy atom. The van der Waals surface area contributed by atoms with Gasteiger partial charge in [-0.05, 0) is 73.6 Å². The number of fused-ring (bicyclic) bond motifs is 1. The SMILES string of the molecule is O=C(O)c1ccc2[nH]c(CCc3ccc(OCCCCCc4ccccc4)cc3)nc2c1. The molecule has 164 valence electrons. The number of rotatable bonds is 11. The van der Waals surface area contributed by atoms with E-state index in [9.17, 15) is 4.79 Å². The van der Waals surface area contributed by atoms with Gasteiger partial charge in [-0.25, -0.2) is 9.78 Å². The molecule has 1 heterocycles. The lowest BCUT2D eigenvalue weighted by Crippen LogP contribution is -1.98. The standard InChI is InChI=1S/C27H28N2O3/c30-27(31)22-13-16-24-25(19-22)29-26(28-24)17-12-21-10-14-23(15-11-21)32-18-6-2-5-9-20-7-3-1-4-8-20/h1,3-4,7-8,10-11,13-16,19H,2,5-6,9,12,17-18H2,(H,28,29)(H,30,31). The maximum Gasteiger partial charge on any atom is 0.335 e. The fourth-order valence-corrected chi connectivity index (χ4v) is 3.77. The van der Waals surface area contributed by atoms with Crippen LogP contribution >= 0.6 is 0 Å². The number of aryl methyl sites for hydroxylation is 3. The number of unbranched alkanes of at least 4 members (excludes halogenated alkanes) is 2. The van der Waals surface area contributed by atoms with E-state index in [0.29, 0.717) is 5.52 Å². The Balaban J connectivity index is 1.18. The second kappa shape index (κ2) is 10.6. The monoisotopic (exact) mass is 428 g/mol. The summed E-state index contributed by atoms with van der Waals surface area (Å²) in [7, 11) is 0. The van der Waals surface area contributed by atoms with Crippen molar-refractivity contribution in [3.63, 3.8) is 0 Å². The normalized spacial score (nSPS) is 11.0. The smallest absolute Gasteiger partial charge is 0.335 e. The molecule has 0 saturated heterocycles. The summed E-state index contributed by atoms with van der Waals surface area (Å²) in [4.78, 5) is 18.9. The summed E-state index contributed by atoms with van der Waals surface area (Å²) in [5.74, 6) is 0.825. The minimum atomic E-state index is -0.939. The Hall–Kier alpha value is -3.60. The number of nitrogens with zero attached hydrogens (tertiary/aromatic N) is 1. The minimum Gasteiger partial charge on any atom is -0.494 e. The van der Waals surface area contributed by atoms with E-state index in [1.165, 1.54) is 24.0 Å². The second-order valence-corrected chi connectivity index (χ2v) is 8.01. The molecular weight excluding hydrogens is 400 g/mol. The topological polar surface area (TPSA) is 75.2 Å². The van der Waals surface area contributed by atoms with Gasteiger partial charge in [0.25, 0.3) is 0 Å². The van der Waals surface area contributed by atoms with Crippen LogP contribution in [0, 0.1) is 0 Å². The van der Waals surface area contributed by atoms with Gasteiger partial charge >= 0.3 is 5.97 Å². The molecule has 0 saturated carbocycles. The first kappa shape index (κ1) is 21.6. The summed E-state index contributed by atoms with van der Waals surface area (Å²) in [6, 6.07) is 23.8. The Bertz CT molecular complexity index is 1150. The van der Waals surface area contributed by atoms with Gasteiger partial charge in [0.15, 0.2) is 0 Å². The Labute approximate surface area is 188 Å². The third-order valence-electron chi connectivity index (χ3n) is 5.57. The number of H-pyrrole nitrogens is 1. The number of hydrogen-bond acceptors (Lipinski definition) is 3. The zero-order chi connectivity index (χ0) is 22.2. The lowest BCUT2D eigenvalue weighted by molar-refractivity contribution is 0.0697. The van der Waals surface area contributed by atoms with Gasteiger partial charge in [-0.2, -0.15) is 0 Å². The fraction of sp³-hybridized carbons (Fsp3) is 0.259. The molecule has 32 heavy (non-hydrogen) atoms. The highest BCUT2D eigenvalue weighted by atomic mass is 16.5. The first-order chi connectivity index (χ1) is 15.7. The molecule has 2 N–H and O–H groups in total. The summed E-state index contributed by atoms with van der Waals surface area (Å²) < 4.78 is 5.88. The van der Waals surface area contributed by atoms with Crippen LogP contribution in [-0.4, -0.2) is 27.7 Å². The van der Waals surface area contributed by atoms with Crippen molar-refractivity contribution in [2.24, 2.45) is 0 Å². The van der Waals surface area contributed by atoms with Gasteiger partial charge < -0.3 is 14.8 Å². The zero-order valence-corrected chi connectivity index (χ0v) is 18.1. The first-order valence-electron chi connectivity index (χ1n) is 11.1. The van der Waals surface area contributed by atoms with E-state index in [1.807, 2.05) is 12.1 Å². The molecule has 0 unspecified atom stereocenters. The van der Waals surface area contributed by atoms with Crippen molar-refractivity contribution in [2.45, 2.75) is 38.5 Å². The molecule has 0 amide bonds. The molecule has 4 aromatic rings. The van der Waals surface area contributed by atoms with Gasteiger partial charge in [0.05, 0.1) is 23.2 Å². The number of imidazole rings is 1. The number of aromatic carboxylic acids is 1. The molecule has 0 aliphatic carbocycles. The molecule has 0 bridgehead atoms. The average Bonchev–Trinajstić information content (AvgIpc) is 3.23. The van der Waals surface area contributed by atoms with Gasteiger partial charge in [0, 0.05) is 6.42 Å². The molecule has 0 aliphatic heterocycles. The van der Waals surface area contributed by atoms with E-state index in [0.717, 1.165) is 49.4 Å². The average molecular weight is 429 g/mol. The van der Waals surface area contributed by atoms with Crippen LogP contribution in [-0.2, 0) is 19.3 Å². The number of aromatic amines is 1. The van der Waals surface area contributed by atoms with E-state index in [1.54, 1.807) is 18.2 Å². The van der Waals surface area contributed by atoms with Crippen LogP contribution in [0.15, 0.2) is 72.8 Å². The summed E-state index contributed by atoms with van der Waals surface area (Å²) in [6.07, 6.45) is 6.15. The van der Waals surface area contributed by atoms with Crippen LogP contribution < -0.4 is 4.74 Å². The molecule has 0 radical (unpaired) electrons. The largest absolute Gasteiger partial charge is 0.494 e. The Kier molecular flexibility index (Phi) is 7.18. The highest BCUT2D eigenvalue weighted by Gasteiger charge is 2.08. The van der Waals surface area contributed by atoms with E-state index < -0.39 is 5.97 Å². The van der Waals surface area contributed by atoms with Crippen LogP contribution in [0.1, 0.15) is 46.6 Å². The van der Waals surface area contributed by atoms with Crippen LogP contribution in [0.4, 0.5) is 0 Å². The van der Waals surface area contributed by atoms with Crippen molar-refractivity contribution < 1.29 is 14.6 Å². The molecule has 1 aromatic heterocycles. The van der Waals surface area contributed by atoms with Crippen LogP contribution in [0.2, 0.25) is 0 Å². The zero-order valence-electron chi connectivity index (χ0n) is 18.1. The van der Waals surface area contributed by atoms with Crippen LogP contribution in [0.3, 0.4) is 0 Å². The van der Waals surface area contributed by atoms with Gasteiger partial charge in [0.2, 0.25) is 0 Å². The van der Waals surface area contributed by atoms with Crippen molar-refractivity contribution in [2.75, 3.05) is 6.61 Å². The van der Waals surface area contributed by atoms with E-state index in [4.69, 9.17) is 9.84 Å².